The fourth-order valence-electron chi connectivity index (χ4n) is 1.30. The summed E-state index contributed by atoms with van der Waals surface area (Å²) in [5.41, 5.74) is -1.93. The van der Waals surface area contributed by atoms with Crippen LogP contribution in [0.25, 0.3) is 0 Å². The third kappa shape index (κ3) is 4.21. The highest BCUT2D eigenvalue weighted by molar-refractivity contribution is 9.10. The summed E-state index contributed by atoms with van der Waals surface area (Å²) in [5, 5.41) is 11.5. The van der Waals surface area contributed by atoms with E-state index in [1.807, 2.05) is 0 Å². The Morgan fingerprint density at radius 3 is 2.42 bits per heavy atom. The van der Waals surface area contributed by atoms with Crippen LogP contribution in [0.3, 0.4) is 0 Å². The van der Waals surface area contributed by atoms with Crippen molar-refractivity contribution in [2.45, 2.75) is 25.6 Å². The molecule has 3 nitrogen and oxygen atoms in total. The lowest BCUT2D eigenvalue weighted by molar-refractivity contribution is -0.138. The number of nitrogens with one attached hydrogen (secondary N) is 1. The molecule has 0 radical (unpaired) electrons. The third-order valence-electron chi connectivity index (χ3n) is 2.38. The molecule has 0 aliphatic heterocycles. The molecule has 1 rings (SSSR count). The van der Waals surface area contributed by atoms with Gasteiger partial charge in [-0.3, -0.25) is 4.79 Å². The fraction of sp³-hybridized carbons (Fsp3) is 0.417. The molecule has 0 aliphatic rings. The van der Waals surface area contributed by atoms with Crippen LogP contribution in [0.2, 0.25) is 0 Å². The molecule has 1 aromatic carbocycles. The number of rotatable bonds is 3. The molecular weight excluding hydrogens is 327 g/mol. The third-order valence-corrected chi connectivity index (χ3v) is 3.07. The summed E-state index contributed by atoms with van der Waals surface area (Å²) in [7, 11) is 0. The van der Waals surface area contributed by atoms with Gasteiger partial charge in [-0.25, -0.2) is 0 Å². The Hall–Kier alpha value is -1.08. The van der Waals surface area contributed by atoms with Crippen molar-refractivity contribution in [1.29, 1.82) is 0 Å². The zero-order chi connectivity index (χ0) is 14.8. The molecule has 7 heteroatoms. The van der Waals surface area contributed by atoms with Gasteiger partial charge in [0.2, 0.25) is 0 Å². The molecule has 0 spiro atoms. The molecule has 0 bridgehead atoms. The van der Waals surface area contributed by atoms with Gasteiger partial charge in [-0.2, -0.15) is 13.2 Å². The number of carbonyl (C=O) groups excluding carboxylic acids is 1. The zero-order valence-corrected chi connectivity index (χ0v) is 11.9. The first-order chi connectivity index (χ1) is 8.57. The van der Waals surface area contributed by atoms with E-state index < -0.39 is 23.2 Å². The maximum absolute atomic E-state index is 12.7. The average Bonchev–Trinajstić information content (AvgIpc) is 2.27. The molecule has 0 saturated heterocycles. The first kappa shape index (κ1) is 16.0. The highest BCUT2D eigenvalue weighted by atomic mass is 79.9. The topological polar surface area (TPSA) is 49.3 Å². The molecule has 0 saturated carbocycles. The monoisotopic (exact) mass is 339 g/mol. The Bertz CT molecular complexity index is 486. The van der Waals surface area contributed by atoms with Gasteiger partial charge in [0.25, 0.3) is 5.91 Å². The quantitative estimate of drug-likeness (QED) is 0.889. The van der Waals surface area contributed by atoms with Gasteiger partial charge in [-0.05, 0) is 32.0 Å². The van der Waals surface area contributed by atoms with E-state index >= 15 is 0 Å². The van der Waals surface area contributed by atoms with Crippen LogP contribution in [-0.4, -0.2) is 23.2 Å². The summed E-state index contributed by atoms with van der Waals surface area (Å²) >= 11 is 2.80. The van der Waals surface area contributed by atoms with E-state index in [1.165, 1.54) is 12.1 Å². The van der Waals surface area contributed by atoms with E-state index in [2.05, 4.69) is 21.2 Å². The number of hydrogen-bond acceptors (Lipinski definition) is 2. The lowest BCUT2D eigenvalue weighted by Crippen LogP contribution is -2.46. The molecule has 0 atom stereocenters. The minimum absolute atomic E-state index is 0.114. The van der Waals surface area contributed by atoms with Crippen molar-refractivity contribution in [3.05, 3.63) is 33.8 Å². The van der Waals surface area contributed by atoms with Gasteiger partial charge >= 0.3 is 6.18 Å². The van der Waals surface area contributed by atoms with Crippen molar-refractivity contribution >= 4 is 21.8 Å². The zero-order valence-electron chi connectivity index (χ0n) is 10.3. The van der Waals surface area contributed by atoms with Crippen LogP contribution in [-0.2, 0) is 6.18 Å². The van der Waals surface area contributed by atoms with Crippen LogP contribution >= 0.6 is 15.9 Å². The number of alkyl halides is 3. The van der Waals surface area contributed by atoms with Gasteiger partial charge < -0.3 is 10.4 Å². The van der Waals surface area contributed by atoms with Gasteiger partial charge in [0.1, 0.15) is 0 Å². The van der Waals surface area contributed by atoms with Gasteiger partial charge in [-0.15, -0.1) is 0 Å². The second-order valence-electron chi connectivity index (χ2n) is 4.69. The van der Waals surface area contributed by atoms with Gasteiger partial charge in [-0.1, -0.05) is 15.9 Å². The molecule has 106 valence electrons. The summed E-state index contributed by atoms with van der Waals surface area (Å²) in [6, 6.07) is 3.22. The molecule has 0 unspecified atom stereocenters. The average molecular weight is 340 g/mol. The first-order valence-electron chi connectivity index (χ1n) is 5.37. The first-order valence-corrected chi connectivity index (χ1v) is 6.16. The molecule has 1 amide bonds. The summed E-state index contributed by atoms with van der Waals surface area (Å²) in [6.07, 6.45) is -4.54. The van der Waals surface area contributed by atoms with Crippen LogP contribution in [0, 0.1) is 0 Å². The van der Waals surface area contributed by atoms with Gasteiger partial charge in [0.05, 0.1) is 17.7 Å². The number of hydrogen-bond donors (Lipinski definition) is 2. The number of benzene rings is 1. The lowest BCUT2D eigenvalue weighted by Gasteiger charge is -2.23. The van der Waals surface area contributed by atoms with E-state index in [0.29, 0.717) is 0 Å². The molecule has 0 aliphatic carbocycles. The van der Waals surface area contributed by atoms with E-state index in [4.69, 9.17) is 5.11 Å². The van der Waals surface area contributed by atoms with Crippen molar-refractivity contribution in [2.24, 2.45) is 0 Å². The molecule has 0 heterocycles. The molecule has 0 aromatic heterocycles. The number of aliphatic hydroxyl groups excluding tert-OH is 1. The predicted octanol–water partition coefficient (Wildman–Crippen LogP) is 2.97. The lowest BCUT2D eigenvalue weighted by atomic mass is 10.0. The maximum atomic E-state index is 12.7. The molecule has 1 aromatic rings. The molecule has 19 heavy (non-hydrogen) atoms. The molecule has 0 fully saturated rings. The van der Waals surface area contributed by atoms with E-state index in [-0.39, 0.29) is 16.6 Å². The minimum Gasteiger partial charge on any atom is -0.394 e. The highest BCUT2D eigenvalue weighted by Gasteiger charge is 2.34. The standard InChI is InChI=1S/C12H13BrF3NO2/c1-11(2,6-18)17-10(19)7-3-4-9(13)8(5-7)12(14,15)16/h3-5,18H,6H2,1-2H3,(H,17,19). The van der Waals surface area contributed by atoms with Crippen molar-refractivity contribution < 1.29 is 23.1 Å². The number of amides is 1. The van der Waals surface area contributed by atoms with Crippen LogP contribution in [0.1, 0.15) is 29.8 Å². The number of carbonyl (C=O) groups is 1. The summed E-state index contributed by atoms with van der Waals surface area (Å²) in [4.78, 5) is 11.8. The van der Waals surface area contributed by atoms with Crippen molar-refractivity contribution in [3.8, 4) is 0 Å². The Kier molecular flexibility index (Phi) is 4.63. The number of aliphatic hydroxyl groups is 1. The Morgan fingerprint density at radius 1 is 1.37 bits per heavy atom. The van der Waals surface area contributed by atoms with E-state index in [1.54, 1.807) is 13.8 Å². The minimum atomic E-state index is -4.54. The molecule has 2 N–H and O–H groups in total. The van der Waals surface area contributed by atoms with Crippen molar-refractivity contribution in [2.75, 3.05) is 6.61 Å². The SMILES string of the molecule is CC(C)(CO)NC(=O)c1ccc(Br)c(C(F)(F)F)c1. The van der Waals surface area contributed by atoms with E-state index in [9.17, 15) is 18.0 Å². The van der Waals surface area contributed by atoms with Gasteiger partial charge in [0.15, 0.2) is 0 Å². The Morgan fingerprint density at radius 2 is 1.95 bits per heavy atom. The van der Waals surface area contributed by atoms with Crippen LogP contribution in [0.5, 0.6) is 0 Å². The van der Waals surface area contributed by atoms with E-state index in [0.717, 1.165) is 6.07 Å². The maximum Gasteiger partial charge on any atom is 0.417 e. The van der Waals surface area contributed by atoms with Crippen LogP contribution in [0.15, 0.2) is 22.7 Å². The fourth-order valence-corrected chi connectivity index (χ4v) is 1.77. The molecular formula is C12H13BrF3NO2. The smallest absolute Gasteiger partial charge is 0.394 e. The largest absolute Gasteiger partial charge is 0.417 e. The summed E-state index contributed by atoms with van der Waals surface area (Å²) < 4.78 is 38.0. The number of halogens is 4. The highest BCUT2D eigenvalue weighted by Crippen LogP contribution is 2.35. The van der Waals surface area contributed by atoms with Crippen LogP contribution in [0.4, 0.5) is 13.2 Å². The second kappa shape index (κ2) is 5.50. The summed E-state index contributed by atoms with van der Waals surface area (Å²) in [5.74, 6) is -0.669. The second-order valence-corrected chi connectivity index (χ2v) is 5.54. The predicted molar refractivity (Wildman–Crippen MR) is 67.8 cm³/mol. The van der Waals surface area contributed by atoms with Crippen molar-refractivity contribution in [1.82, 2.24) is 5.32 Å². The summed E-state index contributed by atoms with van der Waals surface area (Å²) in [6.45, 7) is 2.81. The van der Waals surface area contributed by atoms with Gasteiger partial charge in [0, 0.05) is 10.0 Å². The normalized spacial score (nSPS) is 12.4. The Labute approximate surface area is 116 Å². The van der Waals surface area contributed by atoms with Crippen molar-refractivity contribution in [3.63, 3.8) is 0 Å². The Balaban J connectivity index is 3.07. The van der Waals surface area contributed by atoms with Crippen LogP contribution < -0.4 is 5.32 Å².